The number of benzene rings is 1. The van der Waals surface area contributed by atoms with Crippen LogP contribution in [0.5, 0.6) is 0 Å². The number of alkyl halides is 3. The lowest BCUT2D eigenvalue weighted by Crippen LogP contribution is -2.28. The molecule has 0 aliphatic heterocycles. The SMILES string of the molecule is CC(=O)NS(=O)(=O)c1ccc(-n2cc(C(F)(F)F)nc2-c2cccnc2C)cc1. The van der Waals surface area contributed by atoms with Gasteiger partial charge in [-0.15, -0.1) is 0 Å². The maximum absolute atomic E-state index is 13.2. The molecule has 1 amide bonds. The number of nitrogens with zero attached hydrogens (tertiary/aromatic N) is 3. The molecular weight excluding hydrogens is 409 g/mol. The van der Waals surface area contributed by atoms with Crippen molar-refractivity contribution >= 4 is 15.9 Å². The highest BCUT2D eigenvalue weighted by Crippen LogP contribution is 2.33. The van der Waals surface area contributed by atoms with Gasteiger partial charge >= 0.3 is 6.18 Å². The third-order valence-electron chi connectivity index (χ3n) is 3.95. The first-order valence-electron chi connectivity index (χ1n) is 8.21. The number of aromatic nitrogens is 3. The molecule has 0 radical (unpaired) electrons. The number of halogens is 3. The number of rotatable bonds is 4. The van der Waals surface area contributed by atoms with Crippen LogP contribution in [0.3, 0.4) is 0 Å². The average Bonchev–Trinajstić information content (AvgIpc) is 3.06. The molecule has 0 aliphatic rings. The van der Waals surface area contributed by atoms with Gasteiger partial charge in [-0.05, 0) is 43.3 Å². The van der Waals surface area contributed by atoms with Gasteiger partial charge < -0.3 is 0 Å². The van der Waals surface area contributed by atoms with Crippen molar-refractivity contribution in [3.8, 4) is 17.1 Å². The van der Waals surface area contributed by atoms with Crippen LogP contribution in [0, 0.1) is 6.92 Å². The molecule has 7 nitrogen and oxygen atoms in total. The second-order valence-corrected chi connectivity index (χ2v) is 7.79. The molecule has 0 saturated carbocycles. The maximum Gasteiger partial charge on any atom is 0.434 e. The Morgan fingerprint density at radius 2 is 1.79 bits per heavy atom. The first kappa shape index (κ1) is 20.5. The second kappa shape index (κ2) is 7.32. The molecule has 2 aromatic heterocycles. The molecule has 11 heteroatoms. The molecule has 3 aromatic rings. The summed E-state index contributed by atoms with van der Waals surface area (Å²) >= 11 is 0. The fourth-order valence-electron chi connectivity index (χ4n) is 2.66. The number of pyridine rings is 1. The minimum Gasteiger partial charge on any atom is -0.299 e. The third-order valence-corrected chi connectivity index (χ3v) is 5.40. The van der Waals surface area contributed by atoms with Gasteiger partial charge in [-0.1, -0.05) is 0 Å². The van der Waals surface area contributed by atoms with Crippen LogP contribution in [0.25, 0.3) is 17.1 Å². The van der Waals surface area contributed by atoms with Gasteiger partial charge in [0.05, 0.1) is 4.90 Å². The number of carbonyl (C=O) groups is 1. The monoisotopic (exact) mass is 424 g/mol. The van der Waals surface area contributed by atoms with Crippen LogP contribution in [0.2, 0.25) is 0 Å². The van der Waals surface area contributed by atoms with E-state index < -0.39 is 27.8 Å². The van der Waals surface area contributed by atoms with Crippen LogP contribution in [0.4, 0.5) is 13.2 Å². The van der Waals surface area contributed by atoms with Crippen molar-refractivity contribution in [2.75, 3.05) is 0 Å². The summed E-state index contributed by atoms with van der Waals surface area (Å²) in [6, 6.07) is 8.20. The van der Waals surface area contributed by atoms with E-state index in [0.717, 1.165) is 13.1 Å². The fraction of sp³-hybridized carbons (Fsp3) is 0.167. The summed E-state index contributed by atoms with van der Waals surface area (Å²) in [6.07, 6.45) is -2.32. The van der Waals surface area contributed by atoms with E-state index in [1.807, 2.05) is 4.72 Å². The van der Waals surface area contributed by atoms with Gasteiger partial charge in [-0.25, -0.2) is 18.1 Å². The zero-order valence-corrected chi connectivity index (χ0v) is 16.0. The summed E-state index contributed by atoms with van der Waals surface area (Å²) in [4.78, 5) is 18.6. The van der Waals surface area contributed by atoms with E-state index in [1.165, 1.54) is 35.0 Å². The lowest BCUT2D eigenvalue weighted by Gasteiger charge is -2.10. The Balaban J connectivity index is 2.12. The standard InChI is InChI=1S/C18H15F3N4O3S/c1-11-15(4-3-9-22-11)17-23-16(18(19,20)21)10-25(17)13-5-7-14(8-6-13)29(27,28)24-12(2)26/h3-10H,1-2H3,(H,24,26). The molecule has 0 unspecified atom stereocenters. The van der Waals surface area contributed by atoms with Crippen LogP contribution in [0.1, 0.15) is 18.3 Å². The Bertz CT molecular complexity index is 1170. The van der Waals surface area contributed by atoms with Gasteiger partial charge in [0.1, 0.15) is 5.82 Å². The molecule has 0 aliphatic carbocycles. The molecular formula is C18H15F3N4O3S. The molecule has 0 fully saturated rings. The van der Waals surface area contributed by atoms with Crippen LogP contribution >= 0.6 is 0 Å². The topological polar surface area (TPSA) is 94.0 Å². The smallest absolute Gasteiger partial charge is 0.299 e. The average molecular weight is 424 g/mol. The predicted molar refractivity (Wildman–Crippen MR) is 97.5 cm³/mol. The fourth-order valence-corrected chi connectivity index (χ4v) is 3.65. The van der Waals surface area contributed by atoms with Crippen LogP contribution < -0.4 is 4.72 Å². The highest BCUT2D eigenvalue weighted by molar-refractivity contribution is 7.90. The molecule has 29 heavy (non-hydrogen) atoms. The van der Waals surface area contributed by atoms with Crippen molar-refractivity contribution in [3.05, 3.63) is 60.2 Å². The van der Waals surface area contributed by atoms with Gasteiger partial charge in [0, 0.05) is 36.3 Å². The number of hydrogen-bond donors (Lipinski definition) is 1. The number of imidazole rings is 1. The van der Waals surface area contributed by atoms with E-state index in [9.17, 15) is 26.4 Å². The highest BCUT2D eigenvalue weighted by atomic mass is 32.2. The number of sulfonamides is 1. The summed E-state index contributed by atoms with van der Waals surface area (Å²) in [5, 5.41) is 0. The quantitative estimate of drug-likeness (QED) is 0.695. The van der Waals surface area contributed by atoms with Crippen molar-refractivity contribution in [2.45, 2.75) is 24.9 Å². The number of aryl methyl sites for hydroxylation is 1. The van der Waals surface area contributed by atoms with Gasteiger partial charge in [0.15, 0.2) is 5.69 Å². The zero-order chi connectivity index (χ0) is 21.4. The molecule has 3 rings (SSSR count). The molecule has 1 N–H and O–H groups in total. The Kier molecular flexibility index (Phi) is 5.18. The van der Waals surface area contributed by atoms with E-state index in [-0.39, 0.29) is 16.4 Å². The summed E-state index contributed by atoms with van der Waals surface area (Å²) in [5.41, 5.74) is 0.0506. The minimum absolute atomic E-state index is 0.0143. The van der Waals surface area contributed by atoms with Gasteiger partial charge in [-0.2, -0.15) is 13.2 Å². The van der Waals surface area contributed by atoms with Gasteiger partial charge in [0.2, 0.25) is 5.91 Å². The Labute approximate surface area is 164 Å². The van der Waals surface area contributed by atoms with E-state index in [0.29, 0.717) is 11.3 Å². The highest BCUT2D eigenvalue weighted by Gasteiger charge is 2.35. The summed E-state index contributed by atoms with van der Waals surface area (Å²) in [5.74, 6) is -0.742. The minimum atomic E-state index is -4.66. The number of carbonyl (C=O) groups excluding carboxylic acids is 1. The Morgan fingerprint density at radius 1 is 1.14 bits per heavy atom. The summed E-state index contributed by atoms with van der Waals surface area (Å²) < 4.78 is 66.9. The summed E-state index contributed by atoms with van der Waals surface area (Å²) in [7, 11) is -4.06. The van der Waals surface area contributed by atoms with E-state index in [4.69, 9.17) is 0 Å². The third kappa shape index (κ3) is 4.29. The van der Waals surface area contributed by atoms with E-state index in [1.54, 1.807) is 19.1 Å². The lowest BCUT2D eigenvalue weighted by atomic mass is 10.2. The predicted octanol–water partition coefficient (Wildman–Crippen LogP) is 3.09. The first-order valence-corrected chi connectivity index (χ1v) is 9.70. The normalized spacial score (nSPS) is 12.0. The summed E-state index contributed by atoms with van der Waals surface area (Å²) in [6.45, 7) is 2.70. The molecule has 1 aromatic carbocycles. The lowest BCUT2D eigenvalue weighted by molar-refractivity contribution is -0.140. The molecule has 0 spiro atoms. The Hall–Kier alpha value is -3.21. The molecule has 2 heterocycles. The molecule has 0 atom stereocenters. The van der Waals surface area contributed by atoms with Gasteiger partial charge in [-0.3, -0.25) is 14.3 Å². The Morgan fingerprint density at radius 3 is 2.34 bits per heavy atom. The number of hydrogen-bond acceptors (Lipinski definition) is 5. The molecule has 152 valence electrons. The number of amides is 1. The van der Waals surface area contributed by atoms with E-state index >= 15 is 0 Å². The van der Waals surface area contributed by atoms with Crippen LogP contribution in [-0.2, 0) is 21.0 Å². The van der Waals surface area contributed by atoms with Crippen molar-refractivity contribution in [2.24, 2.45) is 0 Å². The van der Waals surface area contributed by atoms with Crippen molar-refractivity contribution in [1.82, 2.24) is 19.3 Å². The number of nitrogens with one attached hydrogen (secondary N) is 1. The van der Waals surface area contributed by atoms with Crippen molar-refractivity contribution in [1.29, 1.82) is 0 Å². The van der Waals surface area contributed by atoms with Crippen LogP contribution in [-0.4, -0.2) is 28.9 Å². The largest absolute Gasteiger partial charge is 0.434 e. The van der Waals surface area contributed by atoms with E-state index in [2.05, 4.69) is 9.97 Å². The first-order chi connectivity index (χ1) is 13.5. The maximum atomic E-state index is 13.2. The van der Waals surface area contributed by atoms with Crippen molar-refractivity contribution in [3.63, 3.8) is 0 Å². The second-order valence-electron chi connectivity index (χ2n) is 6.11. The van der Waals surface area contributed by atoms with Crippen molar-refractivity contribution < 1.29 is 26.4 Å². The molecule has 0 saturated heterocycles. The van der Waals surface area contributed by atoms with Crippen LogP contribution in [0.15, 0.2) is 53.7 Å². The molecule has 0 bridgehead atoms. The van der Waals surface area contributed by atoms with Gasteiger partial charge in [0.25, 0.3) is 10.0 Å². The zero-order valence-electron chi connectivity index (χ0n) is 15.2.